The fourth-order valence-corrected chi connectivity index (χ4v) is 2.61. The number of phenolic OH excluding ortho intramolecular Hbond substituents is 2. The Morgan fingerprint density at radius 2 is 2.21 bits per heavy atom. The van der Waals surface area contributed by atoms with Gasteiger partial charge in [-0.2, -0.15) is 0 Å². The summed E-state index contributed by atoms with van der Waals surface area (Å²) < 4.78 is 0. The quantitative estimate of drug-likeness (QED) is 0.718. The van der Waals surface area contributed by atoms with E-state index < -0.39 is 0 Å². The highest BCUT2D eigenvalue weighted by Gasteiger charge is 2.30. The summed E-state index contributed by atoms with van der Waals surface area (Å²) >= 11 is 0. The Balaban J connectivity index is 2.16. The van der Waals surface area contributed by atoms with Gasteiger partial charge in [-0.05, 0) is 50.4 Å². The first-order valence-electron chi connectivity index (χ1n) is 6.66. The first-order chi connectivity index (χ1) is 9.13. The number of nitrogens with zero attached hydrogens (tertiary/aromatic N) is 1. The van der Waals surface area contributed by atoms with Crippen LogP contribution in [0, 0.1) is 0 Å². The molecule has 1 unspecified atom stereocenters. The zero-order valence-corrected chi connectivity index (χ0v) is 10.9. The predicted molar refractivity (Wildman–Crippen MR) is 72.1 cm³/mol. The van der Waals surface area contributed by atoms with E-state index >= 15 is 0 Å². The molecule has 0 radical (unpaired) electrons. The lowest BCUT2D eigenvalue weighted by molar-refractivity contribution is 0.0726. The monoisotopic (exact) mass is 264 g/mol. The molecule has 5 nitrogen and oxygen atoms in total. The first kappa shape index (κ1) is 13.7. The number of likely N-dealkylation sites (tertiary alicyclic amines) is 1. The van der Waals surface area contributed by atoms with Gasteiger partial charge in [0.15, 0.2) is 0 Å². The van der Waals surface area contributed by atoms with E-state index in [4.69, 9.17) is 5.73 Å². The molecule has 104 valence electrons. The van der Waals surface area contributed by atoms with Crippen molar-refractivity contribution in [1.82, 2.24) is 4.90 Å². The molecule has 0 aliphatic carbocycles. The molecule has 1 heterocycles. The number of nitrogens with two attached hydrogens (primary N) is 1. The Morgan fingerprint density at radius 3 is 2.95 bits per heavy atom. The zero-order chi connectivity index (χ0) is 13.8. The topological polar surface area (TPSA) is 86.8 Å². The summed E-state index contributed by atoms with van der Waals surface area (Å²) in [5.41, 5.74) is 5.67. The fourth-order valence-electron chi connectivity index (χ4n) is 2.61. The van der Waals surface area contributed by atoms with Gasteiger partial charge in [0.05, 0.1) is 5.56 Å². The number of rotatable bonds is 4. The van der Waals surface area contributed by atoms with Crippen LogP contribution in [0.4, 0.5) is 0 Å². The maximum atomic E-state index is 12.4. The Kier molecular flexibility index (Phi) is 4.27. The number of carbonyl (C=O) groups excluding carboxylic acids is 1. The summed E-state index contributed by atoms with van der Waals surface area (Å²) in [6.07, 6.45) is 3.73. The van der Waals surface area contributed by atoms with E-state index in [0.717, 1.165) is 25.7 Å². The van der Waals surface area contributed by atoms with Crippen molar-refractivity contribution >= 4 is 5.91 Å². The highest BCUT2D eigenvalue weighted by Crippen LogP contribution is 2.28. The van der Waals surface area contributed by atoms with Gasteiger partial charge in [-0.3, -0.25) is 4.79 Å². The molecule has 2 rings (SSSR count). The van der Waals surface area contributed by atoms with Gasteiger partial charge in [-0.1, -0.05) is 0 Å². The molecule has 1 aliphatic rings. The molecule has 1 fully saturated rings. The number of hydrogen-bond donors (Lipinski definition) is 3. The van der Waals surface area contributed by atoms with Gasteiger partial charge in [0.2, 0.25) is 0 Å². The van der Waals surface area contributed by atoms with Crippen LogP contribution in [0.5, 0.6) is 11.5 Å². The Bertz CT molecular complexity index is 462. The Labute approximate surface area is 112 Å². The molecule has 5 heteroatoms. The number of hydrogen-bond acceptors (Lipinski definition) is 4. The number of carbonyl (C=O) groups is 1. The number of amides is 1. The summed E-state index contributed by atoms with van der Waals surface area (Å²) in [5, 5.41) is 19.2. The number of aromatic hydroxyl groups is 2. The summed E-state index contributed by atoms with van der Waals surface area (Å²) in [4.78, 5) is 14.2. The Morgan fingerprint density at radius 1 is 1.42 bits per heavy atom. The van der Waals surface area contributed by atoms with Gasteiger partial charge in [-0.15, -0.1) is 0 Å². The average molecular weight is 264 g/mol. The SMILES string of the molecule is NCCCC1CCCN1C(=O)c1cc(O)ccc1O. The van der Waals surface area contributed by atoms with E-state index in [9.17, 15) is 15.0 Å². The molecule has 1 saturated heterocycles. The summed E-state index contributed by atoms with van der Waals surface area (Å²) in [7, 11) is 0. The lowest BCUT2D eigenvalue weighted by atomic mass is 10.1. The molecule has 0 saturated carbocycles. The molecule has 4 N–H and O–H groups in total. The third kappa shape index (κ3) is 2.98. The molecule has 1 aromatic carbocycles. The van der Waals surface area contributed by atoms with Crippen molar-refractivity contribution in [2.75, 3.05) is 13.1 Å². The van der Waals surface area contributed by atoms with Gasteiger partial charge in [0.25, 0.3) is 5.91 Å². The normalized spacial score (nSPS) is 18.8. The van der Waals surface area contributed by atoms with E-state index in [1.807, 2.05) is 0 Å². The molecule has 0 bridgehead atoms. The maximum absolute atomic E-state index is 12.4. The van der Waals surface area contributed by atoms with Crippen LogP contribution in [0.3, 0.4) is 0 Å². The second-order valence-corrected chi connectivity index (χ2v) is 4.93. The minimum Gasteiger partial charge on any atom is -0.508 e. The second-order valence-electron chi connectivity index (χ2n) is 4.93. The highest BCUT2D eigenvalue weighted by atomic mass is 16.3. The van der Waals surface area contributed by atoms with Gasteiger partial charge < -0.3 is 20.8 Å². The van der Waals surface area contributed by atoms with E-state index in [1.165, 1.54) is 18.2 Å². The van der Waals surface area contributed by atoms with Gasteiger partial charge in [0, 0.05) is 12.6 Å². The molecule has 1 amide bonds. The van der Waals surface area contributed by atoms with Crippen molar-refractivity contribution in [3.05, 3.63) is 23.8 Å². The third-order valence-corrected chi connectivity index (χ3v) is 3.59. The van der Waals surface area contributed by atoms with Gasteiger partial charge >= 0.3 is 0 Å². The minimum absolute atomic E-state index is 0.0149. The summed E-state index contributed by atoms with van der Waals surface area (Å²) in [5.74, 6) is -0.320. The van der Waals surface area contributed by atoms with Crippen molar-refractivity contribution in [2.24, 2.45) is 5.73 Å². The zero-order valence-electron chi connectivity index (χ0n) is 10.9. The van der Waals surface area contributed by atoms with Crippen LogP contribution >= 0.6 is 0 Å². The first-order valence-corrected chi connectivity index (χ1v) is 6.66. The smallest absolute Gasteiger partial charge is 0.257 e. The van der Waals surface area contributed by atoms with Crippen molar-refractivity contribution in [3.8, 4) is 11.5 Å². The molecular formula is C14H20N2O3. The molecule has 1 aliphatic heterocycles. The molecule has 0 aromatic heterocycles. The molecule has 19 heavy (non-hydrogen) atoms. The molecule has 1 atom stereocenters. The molecular weight excluding hydrogens is 244 g/mol. The lowest BCUT2D eigenvalue weighted by Crippen LogP contribution is -2.35. The number of benzene rings is 1. The predicted octanol–water partition coefficient (Wildman–Crippen LogP) is 1.44. The number of phenols is 2. The highest BCUT2D eigenvalue weighted by molar-refractivity contribution is 5.97. The third-order valence-electron chi connectivity index (χ3n) is 3.59. The fraction of sp³-hybridized carbons (Fsp3) is 0.500. The van der Waals surface area contributed by atoms with E-state index in [0.29, 0.717) is 13.1 Å². The maximum Gasteiger partial charge on any atom is 0.257 e. The van der Waals surface area contributed by atoms with E-state index in [2.05, 4.69) is 0 Å². The van der Waals surface area contributed by atoms with Crippen molar-refractivity contribution in [3.63, 3.8) is 0 Å². The second kappa shape index (κ2) is 5.93. The van der Waals surface area contributed by atoms with Crippen LogP contribution in [0.2, 0.25) is 0 Å². The van der Waals surface area contributed by atoms with Crippen LogP contribution < -0.4 is 5.73 Å². The standard InChI is InChI=1S/C14H20N2O3/c15-7-1-3-10-4-2-8-16(10)14(19)12-9-11(17)5-6-13(12)18/h5-6,9-10,17-18H,1-4,7-8,15H2. The van der Waals surface area contributed by atoms with Crippen molar-refractivity contribution < 1.29 is 15.0 Å². The Hall–Kier alpha value is -1.75. The van der Waals surface area contributed by atoms with Crippen molar-refractivity contribution in [2.45, 2.75) is 31.7 Å². The largest absolute Gasteiger partial charge is 0.508 e. The van der Waals surface area contributed by atoms with E-state index in [-0.39, 0.29) is 29.0 Å². The van der Waals surface area contributed by atoms with Crippen LogP contribution in [0.25, 0.3) is 0 Å². The van der Waals surface area contributed by atoms with Crippen molar-refractivity contribution in [1.29, 1.82) is 0 Å². The van der Waals surface area contributed by atoms with Crippen LogP contribution in [-0.4, -0.2) is 40.2 Å². The van der Waals surface area contributed by atoms with Crippen LogP contribution in [0.1, 0.15) is 36.0 Å². The molecule has 0 spiro atoms. The minimum atomic E-state index is -0.215. The van der Waals surface area contributed by atoms with Crippen LogP contribution in [-0.2, 0) is 0 Å². The van der Waals surface area contributed by atoms with Gasteiger partial charge in [-0.25, -0.2) is 0 Å². The summed E-state index contributed by atoms with van der Waals surface area (Å²) in [6.45, 7) is 1.32. The van der Waals surface area contributed by atoms with Crippen LogP contribution in [0.15, 0.2) is 18.2 Å². The molecule has 1 aromatic rings. The summed E-state index contributed by atoms with van der Waals surface area (Å²) in [6, 6.07) is 4.21. The van der Waals surface area contributed by atoms with E-state index in [1.54, 1.807) is 4.90 Å². The van der Waals surface area contributed by atoms with Gasteiger partial charge in [0.1, 0.15) is 11.5 Å². The average Bonchev–Trinajstić information content (AvgIpc) is 2.86. The lowest BCUT2D eigenvalue weighted by Gasteiger charge is -2.25.